The molecule has 1 aromatic heterocycles. The molecule has 2 amide bonds. The average molecular weight is 376 g/mol. The molecule has 3 N–H and O–H groups in total. The Morgan fingerprint density at radius 2 is 2.11 bits per heavy atom. The van der Waals surface area contributed by atoms with E-state index in [9.17, 15) is 14.0 Å². The smallest absolute Gasteiger partial charge is 0.245 e. The van der Waals surface area contributed by atoms with Gasteiger partial charge in [-0.05, 0) is 37.6 Å². The van der Waals surface area contributed by atoms with E-state index in [1.807, 2.05) is 29.5 Å². The third-order valence-electron chi connectivity index (χ3n) is 5.03. The molecule has 0 unspecified atom stereocenters. The first kappa shape index (κ1) is 19.3. The highest BCUT2D eigenvalue weighted by molar-refractivity contribution is 5.83. The number of benzene rings is 1. The average Bonchev–Trinajstić information content (AvgIpc) is 3.16. The van der Waals surface area contributed by atoms with Gasteiger partial charge in [0.05, 0.1) is 6.04 Å². The number of nitrogens with zero attached hydrogens (tertiary/aromatic N) is 2. The van der Waals surface area contributed by atoms with Gasteiger partial charge < -0.3 is 20.3 Å². The topological polar surface area (TPSA) is 86.6 Å². The van der Waals surface area contributed by atoms with E-state index in [-0.39, 0.29) is 23.8 Å². The highest BCUT2D eigenvalue weighted by atomic mass is 19.1. The van der Waals surface area contributed by atoms with Crippen LogP contribution in [-0.2, 0) is 23.2 Å². The molecular formula is C19H25FN4O3. The molecule has 0 spiro atoms. The Hall–Kier alpha value is -2.45. The SMILES string of the molecule is CCNC(=O)[C@@H]1C[C@@H](NC(=O)CO)CN1Cc1cc2cc(F)ccc2n1C. The number of hydrogen-bond acceptors (Lipinski definition) is 4. The highest BCUT2D eigenvalue weighted by Gasteiger charge is 2.37. The number of carbonyl (C=O) groups is 2. The summed E-state index contributed by atoms with van der Waals surface area (Å²) in [6.45, 7) is 2.82. The summed E-state index contributed by atoms with van der Waals surface area (Å²) < 4.78 is 15.5. The Bertz CT molecular complexity index is 851. The maximum atomic E-state index is 13.5. The second kappa shape index (κ2) is 8.06. The number of nitrogens with one attached hydrogen (secondary N) is 2. The number of rotatable bonds is 6. The van der Waals surface area contributed by atoms with Gasteiger partial charge >= 0.3 is 0 Å². The van der Waals surface area contributed by atoms with Crippen LogP contribution in [0.25, 0.3) is 10.9 Å². The third-order valence-corrected chi connectivity index (χ3v) is 5.03. The maximum Gasteiger partial charge on any atom is 0.245 e. The van der Waals surface area contributed by atoms with E-state index in [4.69, 9.17) is 5.11 Å². The molecule has 1 saturated heterocycles. The second-order valence-corrected chi connectivity index (χ2v) is 6.90. The van der Waals surface area contributed by atoms with E-state index in [0.29, 0.717) is 26.1 Å². The van der Waals surface area contributed by atoms with Crippen molar-refractivity contribution < 1.29 is 19.1 Å². The summed E-state index contributed by atoms with van der Waals surface area (Å²) in [5.74, 6) is -0.813. The summed E-state index contributed by atoms with van der Waals surface area (Å²) in [6, 6.07) is 6.01. The molecule has 1 aliphatic rings. The summed E-state index contributed by atoms with van der Waals surface area (Å²) in [4.78, 5) is 26.0. The van der Waals surface area contributed by atoms with Gasteiger partial charge in [-0.2, -0.15) is 0 Å². The predicted octanol–water partition coefficient (Wildman–Crippen LogP) is 0.505. The Morgan fingerprint density at radius 3 is 2.81 bits per heavy atom. The van der Waals surface area contributed by atoms with Crippen LogP contribution < -0.4 is 10.6 Å². The molecule has 146 valence electrons. The van der Waals surface area contributed by atoms with Crippen LogP contribution in [-0.4, -0.2) is 58.2 Å². The van der Waals surface area contributed by atoms with Crippen molar-refractivity contribution in [1.29, 1.82) is 0 Å². The number of aromatic nitrogens is 1. The molecule has 1 fully saturated rings. The van der Waals surface area contributed by atoms with E-state index >= 15 is 0 Å². The van der Waals surface area contributed by atoms with Crippen LogP contribution in [0.15, 0.2) is 24.3 Å². The Morgan fingerprint density at radius 1 is 1.33 bits per heavy atom. The summed E-state index contributed by atoms with van der Waals surface area (Å²) in [7, 11) is 1.91. The third kappa shape index (κ3) is 4.12. The highest BCUT2D eigenvalue weighted by Crippen LogP contribution is 2.25. The fraction of sp³-hybridized carbons (Fsp3) is 0.474. The van der Waals surface area contributed by atoms with Crippen molar-refractivity contribution in [3.05, 3.63) is 35.8 Å². The second-order valence-electron chi connectivity index (χ2n) is 6.90. The van der Waals surface area contributed by atoms with Gasteiger partial charge in [-0.3, -0.25) is 14.5 Å². The lowest BCUT2D eigenvalue weighted by Crippen LogP contribution is -2.43. The van der Waals surface area contributed by atoms with Crippen LogP contribution in [0.1, 0.15) is 19.0 Å². The fourth-order valence-electron chi connectivity index (χ4n) is 3.76. The van der Waals surface area contributed by atoms with Gasteiger partial charge in [0.1, 0.15) is 12.4 Å². The molecule has 7 nitrogen and oxygen atoms in total. The van der Waals surface area contributed by atoms with Gasteiger partial charge in [-0.25, -0.2) is 4.39 Å². The van der Waals surface area contributed by atoms with Crippen molar-refractivity contribution in [3.8, 4) is 0 Å². The maximum absolute atomic E-state index is 13.5. The first-order valence-electron chi connectivity index (χ1n) is 9.08. The molecule has 2 aromatic rings. The van der Waals surface area contributed by atoms with E-state index in [1.165, 1.54) is 12.1 Å². The molecular weight excluding hydrogens is 351 g/mol. The number of likely N-dealkylation sites (N-methyl/N-ethyl adjacent to an activating group) is 1. The largest absolute Gasteiger partial charge is 0.387 e. The predicted molar refractivity (Wildman–Crippen MR) is 99.4 cm³/mol. The number of hydrogen-bond donors (Lipinski definition) is 3. The number of amides is 2. The van der Waals surface area contributed by atoms with Crippen molar-refractivity contribution >= 4 is 22.7 Å². The van der Waals surface area contributed by atoms with Gasteiger partial charge in [-0.15, -0.1) is 0 Å². The van der Waals surface area contributed by atoms with Gasteiger partial charge in [-0.1, -0.05) is 0 Å². The van der Waals surface area contributed by atoms with Crippen LogP contribution >= 0.6 is 0 Å². The fourth-order valence-corrected chi connectivity index (χ4v) is 3.76. The van der Waals surface area contributed by atoms with E-state index in [2.05, 4.69) is 10.6 Å². The van der Waals surface area contributed by atoms with Crippen LogP contribution in [0.2, 0.25) is 0 Å². The van der Waals surface area contributed by atoms with Crippen molar-refractivity contribution in [3.63, 3.8) is 0 Å². The number of fused-ring (bicyclic) bond motifs is 1. The first-order chi connectivity index (χ1) is 12.9. The molecule has 0 bridgehead atoms. The van der Waals surface area contributed by atoms with E-state index < -0.39 is 12.5 Å². The Balaban J connectivity index is 1.82. The molecule has 0 saturated carbocycles. The summed E-state index contributed by atoms with van der Waals surface area (Å²) >= 11 is 0. The van der Waals surface area contributed by atoms with Crippen LogP contribution in [0.3, 0.4) is 0 Å². The molecule has 1 aliphatic heterocycles. The normalized spacial score (nSPS) is 20.1. The zero-order valence-electron chi connectivity index (χ0n) is 15.5. The van der Waals surface area contributed by atoms with Gasteiger partial charge in [0, 0.05) is 49.3 Å². The molecule has 8 heteroatoms. The molecule has 3 rings (SSSR count). The Labute approximate surface area is 157 Å². The number of aryl methyl sites for hydroxylation is 1. The summed E-state index contributed by atoms with van der Waals surface area (Å²) in [6.07, 6.45) is 0.482. The lowest BCUT2D eigenvalue weighted by molar-refractivity contribution is -0.126. The Kier molecular flexibility index (Phi) is 5.76. The number of likely N-dealkylation sites (tertiary alicyclic amines) is 1. The van der Waals surface area contributed by atoms with Crippen molar-refractivity contribution in [2.45, 2.75) is 32.0 Å². The van der Waals surface area contributed by atoms with Crippen molar-refractivity contribution in [1.82, 2.24) is 20.1 Å². The lowest BCUT2D eigenvalue weighted by atomic mass is 10.1. The van der Waals surface area contributed by atoms with Gasteiger partial charge in [0.2, 0.25) is 11.8 Å². The van der Waals surface area contributed by atoms with Crippen LogP contribution in [0.5, 0.6) is 0 Å². The number of aliphatic hydroxyl groups excluding tert-OH is 1. The van der Waals surface area contributed by atoms with Gasteiger partial charge in [0.15, 0.2) is 0 Å². The zero-order valence-corrected chi connectivity index (χ0v) is 15.5. The molecule has 27 heavy (non-hydrogen) atoms. The monoisotopic (exact) mass is 376 g/mol. The van der Waals surface area contributed by atoms with Crippen molar-refractivity contribution in [2.75, 3.05) is 19.7 Å². The number of aliphatic hydroxyl groups is 1. The molecule has 0 aliphatic carbocycles. The first-order valence-corrected chi connectivity index (χ1v) is 9.08. The summed E-state index contributed by atoms with van der Waals surface area (Å²) in [5.41, 5.74) is 1.88. The minimum Gasteiger partial charge on any atom is -0.387 e. The van der Waals surface area contributed by atoms with Crippen LogP contribution in [0.4, 0.5) is 4.39 Å². The van der Waals surface area contributed by atoms with Gasteiger partial charge in [0.25, 0.3) is 0 Å². The van der Waals surface area contributed by atoms with E-state index in [1.54, 1.807) is 6.07 Å². The van der Waals surface area contributed by atoms with E-state index in [0.717, 1.165) is 16.6 Å². The minimum atomic E-state index is -0.572. The van der Waals surface area contributed by atoms with Crippen molar-refractivity contribution in [2.24, 2.45) is 7.05 Å². The minimum absolute atomic E-state index is 0.0805. The quantitative estimate of drug-likeness (QED) is 0.686. The van der Waals surface area contributed by atoms with Crippen LogP contribution in [0, 0.1) is 5.82 Å². The molecule has 2 heterocycles. The zero-order chi connectivity index (χ0) is 19.6. The number of carbonyl (C=O) groups excluding carboxylic acids is 2. The number of halogens is 1. The standard InChI is InChI=1S/C19H25FN4O3/c1-3-21-19(27)17-8-14(22-18(26)11-25)9-24(17)10-15-7-12-6-13(20)4-5-16(12)23(15)2/h4-7,14,17,25H,3,8-11H2,1-2H3,(H,21,27)(H,22,26)/t14-,17+/m1/s1. The molecule has 1 aromatic carbocycles. The molecule has 2 atom stereocenters. The summed E-state index contributed by atoms with van der Waals surface area (Å²) in [5, 5.41) is 15.4. The molecule has 0 radical (unpaired) electrons. The lowest BCUT2D eigenvalue weighted by Gasteiger charge is -2.23.